The fraction of sp³-hybridized carbons (Fsp3) is 0.500. The van der Waals surface area contributed by atoms with Crippen LogP contribution in [0.5, 0.6) is 5.75 Å². The van der Waals surface area contributed by atoms with E-state index in [2.05, 4.69) is 4.74 Å². The summed E-state index contributed by atoms with van der Waals surface area (Å²) in [6.07, 6.45) is -4.20. The van der Waals surface area contributed by atoms with E-state index in [4.69, 9.17) is 10.5 Å². The molecule has 0 spiro atoms. The number of nitrogens with two attached hydrogens (primary N) is 1. The lowest BCUT2D eigenvalue weighted by Crippen LogP contribution is -2.19. The molecule has 1 rings (SSSR count). The molecule has 3 nitrogen and oxygen atoms in total. The monoisotopic (exact) mass is 281 g/mol. The number of hydrogen-bond acceptors (Lipinski definition) is 3. The Morgan fingerprint density at radius 3 is 2.47 bits per heavy atom. The van der Waals surface area contributed by atoms with Gasteiger partial charge in [-0.3, -0.25) is 4.74 Å². The van der Waals surface area contributed by atoms with E-state index in [9.17, 15) is 17.6 Å². The van der Waals surface area contributed by atoms with E-state index in [0.717, 1.165) is 0 Å². The van der Waals surface area contributed by atoms with Gasteiger partial charge in [0.1, 0.15) is 6.61 Å². The second-order valence-corrected chi connectivity index (χ2v) is 4.09. The molecule has 0 heterocycles. The van der Waals surface area contributed by atoms with Crippen molar-refractivity contribution in [2.75, 3.05) is 13.2 Å². The number of alkyl halides is 3. The van der Waals surface area contributed by atoms with Crippen LogP contribution in [0.15, 0.2) is 18.2 Å². The second-order valence-electron chi connectivity index (χ2n) is 4.09. The second kappa shape index (κ2) is 6.72. The van der Waals surface area contributed by atoms with Gasteiger partial charge in [0, 0.05) is 6.04 Å². The lowest BCUT2D eigenvalue weighted by Gasteiger charge is -2.11. The zero-order chi connectivity index (χ0) is 14.5. The van der Waals surface area contributed by atoms with Crippen molar-refractivity contribution in [3.63, 3.8) is 0 Å². The smallest absolute Gasteiger partial charge is 0.488 e. The summed E-state index contributed by atoms with van der Waals surface area (Å²) in [6.45, 7) is 0.713. The van der Waals surface area contributed by atoms with Gasteiger partial charge in [-0.25, -0.2) is 4.39 Å². The Morgan fingerprint density at radius 2 is 1.95 bits per heavy atom. The number of ether oxygens (including phenoxy) is 2. The molecule has 0 radical (unpaired) electrons. The lowest BCUT2D eigenvalue weighted by molar-refractivity contribution is -0.325. The molecule has 7 heteroatoms. The molecule has 0 aliphatic rings. The summed E-state index contributed by atoms with van der Waals surface area (Å²) in [6, 6.07) is 4.13. The third-order valence-electron chi connectivity index (χ3n) is 2.16. The summed E-state index contributed by atoms with van der Waals surface area (Å²) in [4.78, 5) is 0. The zero-order valence-electron chi connectivity index (χ0n) is 10.3. The molecular weight excluding hydrogens is 266 g/mol. The first-order valence-corrected chi connectivity index (χ1v) is 5.65. The summed E-state index contributed by atoms with van der Waals surface area (Å²) in [5.41, 5.74) is 6.28. The summed E-state index contributed by atoms with van der Waals surface area (Å²) in [5, 5.41) is 0. The van der Waals surface area contributed by atoms with Gasteiger partial charge in [-0.2, -0.15) is 0 Å². The first-order chi connectivity index (χ1) is 8.78. The van der Waals surface area contributed by atoms with E-state index in [1.54, 1.807) is 13.0 Å². The van der Waals surface area contributed by atoms with Gasteiger partial charge < -0.3 is 10.5 Å². The van der Waals surface area contributed by atoms with E-state index < -0.39 is 18.8 Å². The molecule has 0 amide bonds. The normalized spacial score (nSPS) is 13.4. The van der Waals surface area contributed by atoms with Gasteiger partial charge in [-0.05, 0) is 31.0 Å². The Hall–Kier alpha value is -1.34. The van der Waals surface area contributed by atoms with Crippen molar-refractivity contribution in [2.45, 2.75) is 25.7 Å². The molecule has 1 aromatic rings. The number of benzene rings is 1. The maximum Gasteiger partial charge on any atom is 0.522 e. The first-order valence-electron chi connectivity index (χ1n) is 5.65. The van der Waals surface area contributed by atoms with E-state index in [1.807, 2.05) is 0 Å². The Balaban J connectivity index is 2.46. The van der Waals surface area contributed by atoms with Crippen LogP contribution in [-0.4, -0.2) is 25.6 Å². The van der Waals surface area contributed by atoms with E-state index in [-0.39, 0.29) is 18.4 Å². The SMILES string of the molecule is CC(N)Cc1ccc(OCCOC(F)(F)F)c(F)c1. The molecule has 0 saturated carbocycles. The molecule has 0 fully saturated rings. The van der Waals surface area contributed by atoms with Crippen molar-refractivity contribution in [3.05, 3.63) is 29.6 Å². The van der Waals surface area contributed by atoms with Gasteiger partial charge >= 0.3 is 6.36 Å². The molecule has 19 heavy (non-hydrogen) atoms. The maximum absolute atomic E-state index is 13.5. The Kier molecular flexibility index (Phi) is 5.56. The van der Waals surface area contributed by atoms with Crippen LogP contribution in [0, 0.1) is 5.82 Å². The van der Waals surface area contributed by atoms with Gasteiger partial charge in [-0.1, -0.05) is 6.07 Å². The highest BCUT2D eigenvalue weighted by molar-refractivity contribution is 5.29. The van der Waals surface area contributed by atoms with Crippen LogP contribution in [0.4, 0.5) is 17.6 Å². The van der Waals surface area contributed by atoms with Crippen molar-refractivity contribution in [2.24, 2.45) is 5.73 Å². The maximum atomic E-state index is 13.5. The number of hydrogen-bond donors (Lipinski definition) is 1. The number of halogens is 4. The fourth-order valence-electron chi connectivity index (χ4n) is 1.47. The minimum atomic E-state index is -4.71. The zero-order valence-corrected chi connectivity index (χ0v) is 10.3. The van der Waals surface area contributed by atoms with Crippen molar-refractivity contribution in [3.8, 4) is 5.75 Å². The fourth-order valence-corrected chi connectivity index (χ4v) is 1.47. The van der Waals surface area contributed by atoms with Gasteiger partial charge in [0.2, 0.25) is 0 Å². The lowest BCUT2D eigenvalue weighted by atomic mass is 10.1. The quantitative estimate of drug-likeness (QED) is 0.644. The minimum absolute atomic E-state index is 0.105. The highest BCUT2D eigenvalue weighted by Gasteiger charge is 2.28. The third kappa shape index (κ3) is 6.40. The highest BCUT2D eigenvalue weighted by Crippen LogP contribution is 2.20. The van der Waals surface area contributed by atoms with Crippen molar-refractivity contribution in [1.29, 1.82) is 0 Å². The molecule has 1 aromatic carbocycles. The average molecular weight is 281 g/mol. The molecule has 0 aliphatic carbocycles. The van der Waals surface area contributed by atoms with Crippen molar-refractivity contribution >= 4 is 0 Å². The van der Waals surface area contributed by atoms with Crippen molar-refractivity contribution < 1.29 is 27.0 Å². The van der Waals surface area contributed by atoms with Gasteiger partial charge in [0.25, 0.3) is 0 Å². The Bertz CT molecular complexity index is 407. The molecule has 0 bridgehead atoms. The molecular formula is C12H15F4NO2. The summed E-state index contributed by atoms with van der Waals surface area (Å²) >= 11 is 0. The van der Waals surface area contributed by atoms with Crippen LogP contribution in [0.3, 0.4) is 0 Å². The standard InChI is InChI=1S/C12H15F4NO2/c1-8(17)6-9-2-3-11(10(13)7-9)18-4-5-19-12(14,15)16/h2-3,7-8H,4-6,17H2,1H3. The molecule has 0 saturated heterocycles. The highest BCUT2D eigenvalue weighted by atomic mass is 19.4. The Morgan fingerprint density at radius 1 is 1.26 bits per heavy atom. The van der Waals surface area contributed by atoms with E-state index in [0.29, 0.717) is 12.0 Å². The molecule has 2 N–H and O–H groups in total. The van der Waals surface area contributed by atoms with Crippen LogP contribution in [0.1, 0.15) is 12.5 Å². The van der Waals surface area contributed by atoms with Gasteiger partial charge in [0.05, 0.1) is 6.61 Å². The van der Waals surface area contributed by atoms with Crippen LogP contribution >= 0.6 is 0 Å². The average Bonchev–Trinajstić information content (AvgIpc) is 2.24. The molecule has 108 valence electrons. The number of rotatable bonds is 6. The molecule has 0 aromatic heterocycles. The predicted octanol–water partition coefficient (Wildman–Crippen LogP) is 2.63. The minimum Gasteiger partial charge on any atom is -0.488 e. The third-order valence-corrected chi connectivity index (χ3v) is 2.16. The topological polar surface area (TPSA) is 44.5 Å². The summed E-state index contributed by atoms with van der Waals surface area (Å²) in [7, 11) is 0. The summed E-state index contributed by atoms with van der Waals surface area (Å²) in [5.74, 6) is -0.746. The predicted molar refractivity (Wildman–Crippen MR) is 61.3 cm³/mol. The van der Waals surface area contributed by atoms with E-state index in [1.165, 1.54) is 12.1 Å². The van der Waals surface area contributed by atoms with Crippen molar-refractivity contribution in [1.82, 2.24) is 0 Å². The first kappa shape index (κ1) is 15.7. The van der Waals surface area contributed by atoms with Crippen LogP contribution < -0.4 is 10.5 Å². The van der Waals surface area contributed by atoms with E-state index >= 15 is 0 Å². The molecule has 0 aliphatic heterocycles. The Labute approximate surface area is 108 Å². The molecule has 1 atom stereocenters. The van der Waals surface area contributed by atoms with Gasteiger partial charge in [0.15, 0.2) is 11.6 Å². The van der Waals surface area contributed by atoms with Crippen LogP contribution in [0.2, 0.25) is 0 Å². The summed E-state index contributed by atoms with van der Waals surface area (Å²) < 4.78 is 56.9. The van der Waals surface area contributed by atoms with Gasteiger partial charge in [-0.15, -0.1) is 13.2 Å². The van der Waals surface area contributed by atoms with Crippen LogP contribution in [0.25, 0.3) is 0 Å². The molecule has 1 unspecified atom stereocenters. The largest absolute Gasteiger partial charge is 0.522 e. The van der Waals surface area contributed by atoms with Crippen LogP contribution in [-0.2, 0) is 11.2 Å².